The highest BCUT2D eigenvalue weighted by Crippen LogP contribution is 2.35. The molecule has 0 saturated heterocycles. The first-order chi connectivity index (χ1) is 20.0. The average molecular weight is 545 g/mol. The van der Waals surface area contributed by atoms with Crippen LogP contribution >= 0.6 is 0 Å². The van der Waals surface area contributed by atoms with E-state index in [4.69, 9.17) is 19.0 Å². The summed E-state index contributed by atoms with van der Waals surface area (Å²) in [7, 11) is 1.61. The molecular weight excluding hydrogens is 516 g/mol. The molecule has 0 amide bonds. The number of aliphatic carboxylic acids is 1. The number of rotatable bonds is 9. The number of aromatic nitrogens is 2. The largest absolute Gasteiger partial charge is 0.493 e. The van der Waals surface area contributed by atoms with Crippen LogP contribution in [-0.2, 0) is 11.2 Å². The summed E-state index contributed by atoms with van der Waals surface area (Å²) >= 11 is 0. The maximum Gasteiger partial charge on any atom is 0.311 e. The van der Waals surface area contributed by atoms with Gasteiger partial charge in [-0.25, -0.2) is 4.68 Å². The summed E-state index contributed by atoms with van der Waals surface area (Å²) in [5.41, 5.74) is 4.49. The Hall–Kier alpha value is -5.30. The number of carboxylic acids is 1. The fourth-order valence-corrected chi connectivity index (χ4v) is 4.95. The second-order valence-corrected chi connectivity index (χ2v) is 9.84. The van der Waals surface area contributed by atoms with Gasteiger partial charge in [0.1, 0.15) is 17.2 Å². The van der Waals surface area contributed by atoms with E-state index in [1.54, 1.807) is 11.8 Å². The van der Waals surface area contributed by atoms with E-state index in [0.29, 0.717) is 34.2 Å². The minimum absolute atomic E-state index is 0.220. The van der Waals surface area contributed by atoms with Crippen molar-refractivity contribution in [3.63, 3.8) is 0 Å². The van der Waals surface area contributed by atoms with Crippen LogP contribution in [-0.4, -0.2) is 28.0 Å². The van der Waals surface area contributed by atoms with E-state index in [1.807, 2.05) is 116 Å². The van der Waals surface area contributed by atoms with Gasteiger partial charge in [-0.15, -0.1) is 0 Å². The Balaban J connectivity index is 1.41. The predicted molar refractivity (Wildman–Crippen MR) is 157 cm³/mol. The Bertz CT molecular complexity index is 1820. The van der Waals surface area contributed by atoms with Crippen LogP contribution in [0.5, 0.6) is 17.2 Å². The van der Waals surface area contributed by atoms with Crippen molar-refractivity contribution >= 4 is 16.9 Å². The molecule has 0 fully saturated rings. The molecule has 0 aliphatic rings. The summed E-state index contributed by atoms with van der Waals surface area (Å²) in [6, 6.07) is 34.3. The van der Waals surface area contributed by atoms with Gasteiger partial charge in [0, 0.05) is 11.8 Å². The van der Waals surface area contributed by atoms with Gasteiger partial charge in [-0.05, 0) is 67.1 Å². The zero-order valence-corrected chi connectivity index (χ0v) is 22.7. The number of furan rings is 1. The van der Waals surface area contributed by atoms with Crippen LogP contribution in [0.1, 0.15) is 22.7 Å². The van der Waals surface area contributed by atoms with Gasteiger partial charge in [0.15, 0.2) is 17.1 Å². The number of carboxylic acid groups (broad SMARTS) is 1. The minimum atomic E-state index is -0.900. The zero-order valence-electron chi connectivity index (χ0n) is 22.7. The Kier molecular flexibility index (Phi) is 7.00. The first-order valence-electron chi connectivity index (χ1n) is 13.3. The number of benzene rings is 4. The lowest BCUT2D eigenvalue weighted by atomic mass is 9.93. The number of nitrogens with zero attached hydrogens (tertiary/aromatic N) is 2. The van der Waals surface area contributed by atoms with Gasteiger partial charge < -0.3 is 19.0 Å². The molecule has 7 nitrogen and oxygen atoms in total. The molecule has 204 valence electrons. The van der Waals surface area contributed by atoms with Crippen LogP contribution in [0.15, 0.2) is 114 Å². The number of fused-ring (bicyclic) bond motifs is 1. The Morgan fingerprint density at radius 2 is 1.66 bits per heavy atom. The summed E-state index contributed by atoms with van der Waals surface area (Å²) in [5.74, 6) is 1.01. The molecular formula is C34H28N2O5. The van der Waals surface area contributed by atoms with Crippen molar-refractivity contribution in [2.75, 3.05) is 7.11 Å². The number of methoxy groups -OCH3 is 1. The molecule has 7 heteroatoms. The fraction of sp³-hybridized carbons (Fsp3) is 0.118. The molecule has 2 heterocycles. The van der Waals surface area contributed by atoms with Crippen molar-refractivity contribution in [3.8, 4) is 34.4 Å². The van der Waals surface area contributed by atoms with E-state index in [-0.39, 0.29) is 6.42 Å². The van der Waals surface area contributed by atoms with Crippen molar-refractivity contribution in [2.24, 2.45) is 0 Å². The topological polar surface area (TPSA) is 86.7 Å². The van der Waals surface area contributed by atoms with Gasteiger partial charge in [-0.1, -0.05) is 60.2 Å². The van der Waals surface area contributed by atoms with Gasteiger partial charge in [-0.2, -0.15) is 5.10 Å². The van der Waals surface area contributed by atoms with Crippen LogP contribution in [0.25, 0.3) is 28.1 Å². The van der Waals surface area contributed by atoms with E-state index in [2.05, 4.69) is 0 Å². The molecule has 0 saturated carbocycles. The number of para-hydroxylation sites is 2. The van der Waals surface area contributed by atoms with Gasteiger partial charge in [0.2, 0.25) is 0 Å². The zero-order chi connectivity index (χ0) is 28.3. The van der Waals surface area contributed by atoms with E-state index in [9.17, 15) is 9.90 Å². The van der Waals surface area contributed by atoms with Gasteiger partial charge in [0.05, 0.1) is 24.4 Å². The third kappa shape index (κ3) is 5.43. The minimum Gasteiger partial charge on any atom is -0.493 e. The Morgan fingerprint density at radius 3 is 2.39 bits per heavy atom. The molecule has 0 bridgehead atoms. The lowest BCUT2D eigenvalue weighted by Crippen LogP contribution is -2.15. The first-order valence-corrected chi connectivity index (χ1v) is 13.3. The van der Waals surface area contributed by atoms with Crippen molar-refractivity contribution < 1.29 is 23.8 Å². The molecule has 2 aromatic heterocycles. The number of carbonyl (C=O) groups is 1. The summed E-state index contributed by atoms with van der Waals surface area (Å²) in [5, 5.41) is 15.9. The molecule has 4 aromatic carbocycles. The van der Waals surface area contributed by atoms with Crippen molar-refractivity contribution in [1.82, 2.24) is 9.78 Å². The number of hydrogen-bond acceptors (Lipinski definition) is 5. The normalized spacial score (nSPS) is 11.9. The highest BCUT2D eigenvalue weighted by molar-refractivity contribution is 5.87. The van der Waals surface area contributed by atoms with Crippen LogP contribution < -0.4 is 9.47 Å². The maximum atomic E-state index is 12.3. The van der Waals surface area contributed by atoms with Crippen molar-refractivity contribution in [3.05, 3.63) is 126 Å². The molecule has 1 N–H and O–H groups in total. The predicted octanol–water partition coefficient (Wildman–Crippen LogP) is 7.81. The molecule has 0 aliphatic heterocycles. The maximum absolute atomic E-state index is 12.3. The SMILES string of the molecule is COc1cccc2cc(-c3cc(CC(C(=O)O)c4cccc(C)c4)nn3-c3ccc(Oc4ccccc4)cc3)oc12. The van der Waals surface area contributed by atoms with E-state index in [1.165, 1.54) is 0 Å². The van der Waals surface area contributed by atoms with Crippen LogP contribution in [0, 0.1) is 6.92 Å². The van der Waals surface area contributed by atoms with Crippen molar-refractivity contribution in [1.29, 1.82) is 0 Å². The molecule has 0 aliphatic carbocycles. The standard InChI is InChI=1S/C34H28N2O5/c1-22-8-6-9-23(18-22)29(34(37)38)20-25-21-30(32-19-24-10-7-13-31(39-2)33(24)41-32)36(35-25)26-14-16-28(17-15-26)40-27-11-4-3-5-12-27/h3-19,21,29H,20H2,1-2H3,(H,37,38). The lowest BCUT2D eigenvalue weighted by Gasteiger charge is -2.12. The molecule has 1 atom stereocenters. The van der Waals surface area contributed by atoms with Crippen LogP contribution in [0.3, 0.4) is 0 Å². The number of aryl methyl sites for hydroxylation is 1. The fourth-order valence-electron chi connectivity index (χ4n) is 4.95. The van der Waals surface area contributed by atoms with E-state index in [0.717, 1.165) is 28.0 Å². The Labute approximate surface area is 237 Å². The van der Waals surface area contributed by atoms with Gasteiger partial charge in [-0.3, -0.25) is 4.79 Å². The number of ether oxygens (including phenoxy) is 2. The first kappa shape index (κ1) is 26.0. The average Bonchev–Trinajstić information content (AvgIpc) is 3.61. The van der Waals surface area contributed by atoms with Gasteiger partial charge >= 0.3 is 5.97 Å². The third-order valence-electron chi connectivity index (χ3n) is 6.96. The van der Waals surface area contributed by atoms with Gasteiger partial charge in [0.25, 0.3) is 0 Å². The number of hydrogen-bond donors (Lipinski definition) is 1. The smallest absolute Gasteiger partial charge is 0.311 e. The second kappa shape index (κ2) is 11.1. The Morgan fingerprint density at radius 1 is 0.902 bits per heavy atom. The van der Waals surface area contributed by atoms with E-state index >= 15 is 0 Å². The highest BCUT2D eigenvalue weighted by Gasteiger charge is 2.24. The van der Waals surface area contributed by atoms with Crippen LogP contribution in [0.4, 0.5) is 0 Å². The summed E-state index contributed by atoms with van der Waals surface area (Å²) in [4.78, 5) is 12.3. The summed E-state index contributed by atoms with van der Waals surface area (Å²) in [6.45, 7) is 1.95. The highest BCUT2D eigenvalue weighted by atomic mass is 16.5. The lowest BCUT2D eigenvalue weighted by molar-refractivity contribution is -0.138. The quantitative estimate of drug-likeness (QED) is 0.200. The molecule has 6 rings (SSSR count). The monoisotopic (exact) mass is 544 g/mol. The molecule has 6 aromatic rings. The summed E-state index contributed by atoms with van der Waals surface area (Å²) in [6.07, 6.45) is 0.220. The molecule has 1 unspecified atom stereocenters. The van der Waals surface area contributed by atoms with Crippen molar-refractivity contribution in [2.45, 2.75) is 19.3 Å². The van der Waals surface area contributed by atoms with E-state index < -0.39 is 11.9 Å². The second-order valence-electron chi connectivity index (χ2n) is 9.84. The molecule has 0 radical (unpaired) electrons. The molecule has 0 spiro atoms. The summed E-state index contributed by atoms with van der Waals surface area (Å²) < 4.78 is 19.5. The third-order valence-corrected chi connectivity index (χ3v) is 6.96. The molecule has 41 heavy (non-hydrogen) atoms. The van der Waals surface area contributed by atoms with Crippen LogP contribution in [0.2, 0.25) is 0 Å².